The average molecular weight is 339 g/mol. The van der Waals surface area contributed by atoms with Gasteiger partial charge in [0.05, 0.1) is 0 Å². The molecule has 1 heterocycles. The van der Waals surface area contributed by atoms with Crippen molar-refractivity contribution in [3.05, 3.63) is 76.6 Å². The maximum atomic E-state index is 6.19. The predicted molar refractivity (Wildman–Crippen MR) is 100 cm³/mol. The molecule has 1 aromatic heterocycles. The summed E-state index contributed by atoms with van der Waals surface area (Å²) in [5.74, 6) is 2.22. The number of hydrogen-bond donors (Lipinski definition) is 2. The van der Waals surface area contributed by atoms with Crippen molar-refractivity contribution in [2.45, 2.75) is 20.4 Å². The van der Waals surface area contributed by atoms with Crippen LogP contribution in [0, 0.1) is 13.8 Å². The molecule has 0 saturated carbocycles. The lowest BCUT2D eigenvalue weighted by molar-refractivity contribution is 1.03. The van der Waals surface area contributed by atoms with Gasteiger partial charge in [-0.3, -0.25) is 0 Å². The minimum absolute atomic E-state index is 0.611. The maximum absolute atomic E-state index is 6.19. The number of hydrogen-bond acceptors (Lipinski definition) is 4. The minimum Gasteiger partial charge on any atom is -0.366 e. The van der Waals surface area contributed by atoms with E-state index in [1.807, 2.05) is 49.4 Å². The zero-order valence-corrected chi connectivity index (χ0v) is 14.4. The number of nitrogens with zero attached hydrogens (tertiary/aromatic N) is 2. The van der Waals surface area contributed by atoms with Gasteiger partial charge in [0, 0.05) is 23.3 Å². The van der Waals surface area contributed by atoms with Gasteiger partial charge in [0.15, 0.2) is 0 Å². The first-order valence-electron chi connectivity index (χ1n) is 7.77. The monoisotopic (exact) mass is 338 g/mol. The molecule has 0 fully saturated rings. The molecule has 2 aromatic carbocycles. The molecular weight excluding hydrogens is 320 g/mol. The summed E-state index contributed by atoms with van der Waals surface area (Å²) in [6.07, 6.45) is 0. The molecule has 0 unspecified atom stereocenters. The molecule has 3 aromatic rings. The van der Waals surface area contributed by atoms with Crippen LogP contribution in [0.2, 0.25) is 5.02 Å². The van der Waals surface area contributed by atoms with Gasteiger partial charge in [0.1, 0.15) is 17.5 Å². The van der Waals surface area contributed by atoms with Crippen LogP contribution in [0.4, 0.5) is 17.3 Å². The van der Waals surface area contributed by atoms with Crippen LogP contribution in [0.1, 0.15) is 17.0 Å². The van der Waals surface area contributed by atoms with E-state index >= 15 is 0 Å². The van der Waals surface area contributed by atoms with Gasteiger partial charge in [0.25, 0.3) is 0 Å². The number of halogens is 1. The molecule has 0 bridgehead atoms. The van der Waals surface area contributed by atoms with Crippen LogP contribution in [0.5, 0.6) is 0 Å². The summed E-state index contributed by atoms with van der Waals surface area (Å²) < 4.78 is 0. The summed E-state index contributed by atoms with van der Waals surface area (Å²) in [6, 6.07) is 17.8. The van der Waals surface area contributed by atoms with Crippen LogP contribution in [0.15, 0.2) is 54.6 Å². The SMILES string of the molecule is Cc1cccc(Nc2cc(NCc3ccccc3Cl)nc(C)n2)c1. The summed E-state index contributed by atoms with van der Waals surface area (Å²) in [6.45, 7) is 4.55. The molecule has 0 spiro atoms. The lowest BCUT2D eigenvalue weighted by Gasteiger charge is -2.11. The largest absolute Gasteiger partial charge is 0.366 e. The molecule has 0 amide bonds. The van der Waals surface area contributed by atoms with Gasteiger partial charge in [0.2, 0.25) is 0 Å². The number of rotatable bonds is 5. The van der Waals surface area contributed by atoms with Gasteiger partial charge in [-0.25, -0.2) is 9.97 Å². The third kappa shape index (κ3) is 4.24. The Labute approximate surface area is 146 Å². The number of anilines is 3. The van der Waals surface area contributed by atoms with Crippen molar-refractivity contribution < 1.29 is 0 Å². The van der Waals surface area contributed by atoms with Gasteiger partial charge >= 0.3 is 0 Å². The molecule has 2 N–H and O–H groups in total. The Morgan fingerprint density at radius 3 is 2.50 bits per heavy atom. The fourth-order valence-electron chi connectivity index (χ4n) is 2.42. The van der Waals surface area contributed by atoms with E-state index in [0.29, 0.717) is 12.4 Å². The Kier molecular flexibility index (Phi) is 4.96. The van der Waals surface area contributed by atoms with Crippen molar-refractivity contribution in [1.82, 2.24) is 9.97 Å². The van der Waals surface area contributed by atoms with E-state index in [4.69, 9.17) is 11.6 Å². The van der Waals surface area contributed by atoms with Gasteiger partial charge in [-0.2, -0.15) is 0 Å². The van der Waals surface area contributed by atoms with Gasteiger partial charge in [-0.1, -0.05) is 41.9 Å². The van der Waals surface area contributed by atoms with Gasteiger partial charge in [-0.05, 0) is 43.2 Å². The first kappa shape index (κ1) is 16.3. The van der Waals surface area contributed by atoms with Crippen molar-refractivity contribution in [2.75, 3.05) is 10.6 Å². The molecule has 5 heteroatoms. The Balaban J connectivity index is 1.75. The number of aryl methyl sites for hydroxylation is 2. The second-order valence-electron chi connectivity index (χ2n) is 5.63. The second kappa shape index (κ2) is 7.32. The van der Waals surface area contributed by atoms with Crippen LogP contribution >= 0.6 is 11.6 Å². The molecule has 0 aliphatic carbocycles. The molecule has 0 aliphatic heterocycles. The van der Waals surface area contributed by atoms with Gasteiger partial charge in [-0.15, -0.1) is 0 Å². The molecule has 0 radical (unpaired) electrons. The second-order valence-corrected chi connectivity index (χ2v) is 6.03. The Morgan fingerprint density at radius 1 is 0.917 bits per heavy atom. The van der Waals surface area contributed by atoms with E-state index in [2.05, 4.69) is 39.7 Å². The summed E-state index contributed by atoms with van der Waals surface area (Å²) >= 11 is 6.19. The Morgan fingerprint density at radius 2 is 1.71 bits per heavy atom. The van der Waals surface area contributed by atoms with Crippen molar-refractivity contribution in [3.8, 4) is 0 Å². The fraction of sp³-hybridized carbons (Fsp3) is 0.158. The Hall–Kier alpha value is -2.59. The highest BCUT2D eigenvalue weighted by Crippen LogP contribution is 2.20. The van der Waals surface area contributed by atoms with Crippen molar-refractivity contribution in [1.29, 1.82) is 0 Å². The topological polar surface area (TPSA) is 49.8 Å². The fourth-order valence-corrected chi connectivity index (χ4v) is 2.62. The molecule has 0 atom stereocenters. The lowest BCUT2D eigenvalue weighted by atomic mass is 10.2. The molecular formula is C19H19ClN4. The minimum atomic E-state index is 0.611. The highest BCUT2D eigenvalue weighted by atomic mass is 35.5. The molecule has 122 valence electrons. The summed E-state index contributed by atoms with van der Waals surface area (Å²) in [7, 11) is 0. The summed E-state index contributed by atoms with van der Waals surface area (Å²) in [5.41, 5.74) is 3.23. The molecule has 3 rings (SSSR count). The first-order chi connectivity index (χ1) is 11.6. The Bertz CT molecular complexity index is 848. The molecule has 0 saturated heterocycles. The maximum Gasteiger partial charge on any atom is 0.136 e. The van der Waals surface area contributed by atoms with Crippen LogP contribution in [-0.4, -0.2) is 9.97 Å². The standard InChI is InChI=1S/C19H19ClN4/c1-13-6-5-8-16(10-13)24-19-11-18(22-14(2)23-19)21-12-15-7-3-4-9-17(15)20/h3-11H,12H2,1-2H3,(H2,21,22,23,24). The predicted octanol–water partition coefficient (Wildman–Crippen LogP) is 5.10. The number of aromatic nitrogens is 2. The third-order valence-corrected chi connectivity index (χ3v) is 3.91. The van der Waals surface area contributed by atoms with Crippen LogP contribution in [0.3, 0.4) is 0 Å². The van der Waals surface area contributed by atoms with Crippen molar-refractivity contribution >= 4 is 28.9 Å². The highest BCUT2D eigenvalue weighted by molar-refractivity contribution is 6.31. The zero-order chi connectivity index (χ0) is 16.9. The first-order valence-corrected chi connectivity index (χ1v) is 8.14. The molecule has 24 heavy (non-hydrogen) atoms. The van der Waals surface area contributed by atoms with Crippen LogP contribution in [-0.2, 0) is 6.54 Å². The average Bonchev–Trinajstić information content (AvgIpc) is 2.53. The van der Waals surface area contributed by atoms with Crippen LogP contribution in [0.25, 0.3) is 0 Å². The van der Waals surface area contributed by atoms with E-state index in [0.717, 1.165) is 27.9 Å². The third-order valence-electron chi connectivity index (χ3n) is 3.55. The van der Waals surface area contributed by atoms with Gasteiger partial charge < -0.3 is 10.6 Å². The smallest absolute Gasteiger partial charge is 0.136 e. The number of benzene rings is 2. The molecule has 4 nitrogen and oxygen atoms in total. The van der Waals surface area contributed by atoms with Crippen LogP contribution < -0.4 is 10.6 Å². The number of nitrogens with one attached hydrogen (secondary N) is 2. The van der Waals surface area contributed by atoms with E-state index in [1.54, 1.807) is 0 Å². The summed E-state index contributed by atoms with van der Waals surface area (Å²) in [5, 5.41) is 7.37. The normalized spacial score (nSPS) is 10.5. The van der Waals surface area contributed by atoms with Crippen molar-refractivity contribution in [2.24, 2.45) is 0 Å². The van der Waals surface area contributed by atoms with E-state index in [-0.39, 0.29) is 0 Å². The zero-order valence-electron chi connectivity index (χ0n) is 13.7. The van der Waals surface area contributed by atoms with E-state index < -0.39 is 0 Å². The quantitative estimate of drug-likeness (QED) is 0.679. The molecule has 0 aliphatic rings. The lowest BCUT2D eigenvalue weighted by Crippen LogP contribution is -2.05. The van der Waals surface area contributed by atoms with E-state index in [1.165, 1.54) is 5.56 Å². The summed E-state index contributed by atoms with van der Waals surface area (Å²) in [4.78, 5) is 8.88. The highest BCUT2D eigenvalue weighted by Gasteiger charge is 2.04. The van der Waals surface area contributed by atoms with E-state index in [9.17, 15) is 0 Å². The van der Waals surface area contributed by atoms with Crippen molar-refractivity contribution in [3.63, 3.8) is 0 Å².